The fourth-order valence-electron chi connectivity index (χ4n) is 2.55. The van der Waals surface area contributed by atoms with E-state index in [2.05, 4.69) is 22.2 Å². The number of hydrogen-bond donors (Lipinski definition) is 1. The van der Waals surface area contributed by atoms with Gasteiger partial charge >= 0.3 is 0 Å². The first-order valence-corrected chi connectivity index (χ1v) is 7.84. The van der Waals surface area contributed by atoms with Gasteiger partial charge in [0.2, 0.25) is 0 Å². The topological polar surface area (TPSA) is 50.2 Å². The lowest BCUT2D eigenvalue weighted by atomic mass is 10.2. The summed E-state index contributed by atoms with van der Waals surface area (Å²) >= 11 is 0. The van der Waals surface area contributed by atoms with Gasteiger partial charge in [0.05, 0.1) is 18.4 Å². The van der Waals surface area contributed by atoms with Crippen LogP contribution in [0.1, 0.15) is 39.0 Å². The van der Waals surface area contributed by atoms with Crippen molar-refractivity contribution in [3.63, 3.8) is 0 Å². The number of nitrogens with one attached hydrogen (secondary N) is 1. The smallest absolute Gasteiger partial charge is 0.268 e. The van der Waals surface area contributed by atoms with Crippen LogP contribution in [-0.2, 0) is 6.54 Å². The highest BCUT2D eigenvalue weighted by Gasteiger charge is 2.13. The predicted octanol–water partition coefficient (Wildman–Crippen LogP) is 1.62. The maximum absolute atomic E-state index is 12.0. The van der Waals surface area contributed by atoms with E-state index in [1.165, 1.54) is 32.1 Å². The summed E-state index contributed by atoms with van der Waals surface area (Å²) in [4.78, 5) is 14.2. The molecule has 0 spiro atoms. The number of aromatic nitrogens is 2. The molecular weight excluding hydrogens is 252 g/mol. The van der Waals surface area contributed by atoms with Gasteiger partial charge in [-0.25, -0.2) is 4.68 Å². The minimum Gasteiger partial charge on any atom is -0.370 e. The lowest BCUT2D eigenvalue weighted by Gasteiger charge is -2.17. The van der Waals surface area contributed by atoms with Crippen molar-refractivity contribution in [3.05, 3.63) is 22.6 Å². The van der Waals surface area contributed by atoms with Gasteiger partial charge in [-0.05, 0) is 25.8 Å². The van der Waals surface area contributed by atoms with Crippen LogP contribution < -0.4 is 15.8 Å². The second-order valence-electron chi connectivity index (χ2n) is 5.43. The SMILES string of the molecule is CCCCCNCCn1ncc(N2CCCC2)cc1=O. The number of nitrogens with zero attached hydrogens (tertiary/aromatic N) is 3. The van der Waals surface area contributed by atoms with Gasteiger partial charge in [-0.2, -0.15) is 5.10 Å². The molecule has 5 heteroatoms. The Bertz CT molecular complexity index is 451. The van der Waals surface area contributed by atoms with Crippen LogP contribution >= 0.6 is 0 Å². The monoisotopic (exact) mass is 278 g/mol. The maximum Gasteiger partial charge on any atom is 0.268 e. The Labute approximate surface area is 121 Å². The Morgan fingerprint density at radius 3 is 2.75 bits per heavy atom. The van der Waals surface area contributed by atoms with Crippen molar-refractivity contribution >= 4 is 5.69 Å². The molecule has 0 unspecified atom stereocenters. The fourth-order valence-corrected chi connectivity index (χ4v) is 2.55. The van der Waals surface area contributed by atoms with Gasteiger partial charge in [-0.1, -0.05) is 19.8 Å². The lowest BCUT2D eigenvalue weighted by molar-refractivity contribution is 0.521. The number of hydrogen-bond acceptors (Lipinski definition) is 4. The molecule has 0 atom stereocenters. The molecule has 1 aliphatic heterocycles. The van der Waals surface area contributed by atoms with Crippen LogP contribution in [0.4, 0.5) is 5.69 Å². The molecule has 0 saturated carbocycles. The van der Waals surface area contributed by atoms with Crippen LogP contribution in [0.5, 0.6) is 0 Å². The highest BCUT2D eigenvalue weighted by atomic mass is 16.1. The summed E-state index contributed by atoms with van der Waals surface area (Å²) in [5.41, 5.74) is 0.976. The minimum atomic E-state index is 0.00441. The Kier molecular flexibility index (Phi) is 6.05. The number of unbranched alkanes of at least 4 members (excludes halogenated alkanes) is 2. The van der Waals surface area contributed by atoms with E-state index in [1.54, 1.807) is 10.7 Å². The van der Waals surface area contributed by atoms with Gasteiger partial charge in [-0.3, -0.25) is 4.79 Å². The molecule has 1 aromatic heterocycles. The summed E-state index contributed by atoms with van der Waals surface area (Å²) in [6.07, 6.45) is 7.95. The Morgan fingerprint density at radius 1 is 1.25 bits per heavy atom. The molecule has 2 rings (SSSR count). The van der Waals surface area contributed by atoms with Crippen molar-refractivity contribution in [3.8, 4) is 0 Å². The first-order chi connectivity index (χ1) is 9.81. The van der Waals surface area contributed by atoms with E-state index >= 15 is 0 Å². The summed E-state index contributed by atoms with van der Waals surface area (Å²) in [6, 6.07) is 1.72. The summed E-state index contributed by atoms with van der Waals surface area (Å²) < 4.78 is 1.55. The summed E-state index contributed by atoms with van der Waals surface area (Å²) in [5, 5.41) is 7.63. The molecular formula is C15H26N4O. The molecule has 1 saturated heterocycles. The van der Waals surface area contributed by atoms with Crippen LogP contribution in [0.3, 0.4) is 0 Å². The molecule has 0 aromatic carbocycles. The van der Waals surface area contributed by atoms with Crippen molar-refractivity contribution < 1.29 is 0 Å². The van der Waals surface area contributed by atoms with Gasteiger partial charge in [0.1, 0.15) is 0 Å². The summed E-state index contributed by atoms with van der Waals surface area (Å²) in [7, 11) is 0. The van der Waals surface area contributed by atoms with E-state index in [0.717, 1.165) is 31.9 Å². The highest BCUT2D eigenvalue weighted by molar-refractivity contribution is 5.43. The van der Waals surface area contributed by atoms with Crippen LogP contribution in [0.15, 0.2) is 17.1 Å². The first kappa shape index (κ1) is 15.0. The minimum absolute atomic E-state index is 0.00441. The van der Waals surface area contributed by atoms with Crippen LogP contribution in [0.25, 0.3) is 0 Å². The van der Waals surface area contributed by atoms with Gasteiger partial charge < -0.3 is 10.2 Å². The highest BCUT2D eigenvalue weighted by Crippen LogP contribution is 2.16. The molecule has 0 radical (unpaired) electrons. The van der Waals surface area contributed by atoms with Gasteiger partial charge in [0, 0.05) is 25.7 Å². The standard InChI is InChI=1S/C15H26N4O/c1-2-3-4-7-16-8-11-19-15(20)12-14(13-17-19)18-9-5-6-10-18/h12-13,16H,2-11H2,1H3. The van der Waals surface area contributed by atoms with Crippen molar-refractivity contribution in [2.45, 2.75) is 45.6 Å². The lowest BCUT2D eigenvalue weighted by Crippen LogP contribution is -2.30. The van der Waals surface area contributed by atoms with E-state index < -0.39 is 0 Å². The van der Waals surface area contributed by atoms with E-state index in [9.17, 15) is 4.79 Å². The zero-order valence-electron chi connectivity index (χ0n) is 12.5. The number of rotatable bonds is 8. The Hall–Kier alpha value is -1.36. The van der Waals surface area contributed by atoms with Crippen molar-refractivity contribution in [1.29, 1.82) is 0 Å². The zero-order chi connectivity index (χ0) is 14.2. The van der Waals surface area contributed by atoms with Crippen molar-refractivity contribution in [1.82, 2.24) is 15.1 Å². The van der Waals surface area contributed by atoms with Crippen LogP contribution in [-0.4, -0.2) is 36.0 Å². The molecule has 0 aliphatic carbocycles. The van der Waals surface area contributed by atoms with Crippen LogP contribution in [0, 0.1) is 0 Å². The maximum atomic E-state index is 12.0. The average Bonchev–Trinajstić information content (AvgIpc) is 2.98. The zero-order valence-corrected chi connectivity index (χ0v) is 12.5. The third kappa shape index (κ3) is 4.34. The van der Waals surface area contributed by atoms with E-state index in [1.807, 2.05) is 6.20 Å². The summed E-state index contributed by atoms with van der Waals surface area (Å²) in [6.45, 7) is 6.76. The van der Waals surface area contributed by atoms with E-state index in [-0.39, 0.29) is 5.56 Å². The van der Waals surface area contributed by atoms with Gasteiger partial charge in [-0.15, -0.1) is 0 Å². The first-order valence-electron chi connectivity index (χ1n) is 7.84. The second-order valence-corrected chi connectivity index (χ2v) is 5.43. The van der Waals surface area contributed by atoms with Gasteiger partial charge in [0.25, 0.3) is 5.56 Å². The molecule has 1 aromatic rings. The van der Waals surface area contributed by atoms with Crippen molar-refractivity contribution in [2.75, 3.05) is 31.1 Å². The normalized spacial score (nSPS) is 14.9. The Balaban J connectivity index is 1.79. The molecule has 1 fully saturated rings. The van der Waals surface area contributed by atoms with E-state index in [0.29, 0.717) is 6.54 Å². The molecule has 20 heavy (non-hydrogen) atoms. The van der Waals surface area contributed by atoms with E-state index in [4.69, 9.17) is 0 Å². The average molecular weight is 278 g/mol. The van der Waals surface area contributed by atoms with Crippen LogP contribution in [0.2, 0.25) is 0 Å². The third-order valence-electron chi connectivity index (χ3n) is 3.78. The second kappa shape index (κ2) is 8.04. The predicted molar refractivity (Wildman–Crippen MR) is 82.3 cm³/mol. The fraction of sp³-hybridized carbons (Fsp3) is 0.733. The third-order valence-corrected chi connectivity index (χ3v) is 3.78. The largest absolute Gasteiger partial charge is 0.370 e. The molecule has 1 N–H and O–H groups in total. The quantitative estimate of drug-likeness (QED) is 0.734. The molecule has 2 heterocycles. The molecule has 0 bridgehead atoms. The molecule has 5 nitrogen and oxygen atoms in total. The molecule has 0 amide bonds. The Morgan fingerprint density at radius 2 is 2.05 bits per heavy atom. The van der Waals surface area contributed by atoms with Gasteiger partial charge in [0.15, 0.2) is 0 Å². The molecule has 112 valence electrons. The van der Waals surface area contributed by atoms with Crippen molar-refractivity contribution in [2.24, 2.45) is 0 Å². The summed E-state index contributed by atoms with van der Waals surface area (Å²) in [5.74, 6) is 0. The number of anilines is 1. The molecule has 1 aliphatic rings.